The average molecular weight is 351 g/mol. The first-order valence-corrected chi connectivity index (χ1v) is 10.2. The van der Waals surface area contributed by atoms with Crippen molar-refractivity contribution in [2.45, 2.75) is 70.3 Å². The van der Waals surface area contributed by atoms with Crippen LogP contribution in [-0.4, -0.2) is 29.8 Å². The molecule has 2 aliphatic carbocycles. The number of fused-ring (bicyclic) bond motifs is 1. The molecule has 1 saturated heterocycles. The van der Waals surface area contributed by atoms with Crippen LogP contribution in [-0.2, 0) is 10.2 Å². The Balaban J connectivity index is 1.46. The van der Waals surface area contributed by atoms with E-state index in [1.165, 1.54) is 30.4 Å². The van der Waals surface area contributed by atoms with E-state index >= 15 is 0 Å². The summed E-state index contributed by atoms with van der Waals surface area (Å²) in [6.07, 6.45) is 7.60. The van der Waals surface area contributed by atoms with Gasteiger partial charge in [0.25, 0.3) is 0 Å². The summed E-state index contributed by atoms with van der Waals surface area (Å²) in [4.78, 5) is 15.0. The lowest BCUT2D eigenvalue weighted by Gasteiger charge is -2.41. The quantitative estimate of drug-likeness (QED) is 0.812. The van der Waals surface area contributed by atoms with E-state index < -0.39 is 0 Å². The van der Waals surface area contributed by atoms with Gasteiger partial charge < -0.3 is 4.90 Å². The number of ketones is 1. The molecular weight excluding hydrogens is 320 g/mol. The lowest BCUT2D eigenvalue weighted by atomic mass is 9.73. The predicted molar refractivity (Wildman–Crippen MR) is 103 cm³/mol. The van der Waals surface area contributed by atoms with Crippen LogP contribution in [0.15, 0.2) is 24.3 Å². The molecule has 3 atom stereocenters. The van der Waals surface area contributed by atoms with E-state index in [1.807, 2.05) is 6.92 Å². The number of nitrogens with zero attached hydrogens (tertiary/aromatic N) is 2. The summed E-state index contributed by atoms with van der Waals surface area (Å²) in [5, 5.41) is 9.95. The van der Waals surface area contributed by atoms with Gasteiger partial charge in [-0.25, -0.2) is 0 Å². The molecule has 3 aliphatic rings. The van der Waals surface area contributed by atoms with Gasteiger partial charge in [-0.3, -0.25) is 4.79 Å². The fourth-order valence-electron chi connectivity index (χ4n) is 6.08. The highest BCUT2D eigenvalue weighted by Gasteiger charge is 2.54. The first-order valence-electron chi connectivity index (χ1n) is 10.2. The molecule has 2 saturated carbocycles. The molecule has 1 heterocycles. The second kappa shape index (κ2) is 6.50. The minimum atomic E-state index is -0.336. The third-order valence-electron chi connectivity index (χ3n) is 7.80. The fraction of sp³-hybridized carbons (Fsp3) is 0.652. The number of aryl methyl sites for hydroxylation is 1. The van der Waals surface area contributed by atoms with Gasteiger partial charge in [0.05, 0.1) is 11.5 Å². The molecule has 138 valence electrons. The molecule has 0 N–H and O–H groups in total. The van der Waals surface area contributed by atoms with Crippen molar-refractivity contribution in [3.8, 4) is 6.07 Å². The fourth-order valence-corrected chi connectivity index (χ4v) is 6.08. The zero-order chi connectivity index (χ0) is 18.4. The number of hydrogen-bond donors (Lipinski definition) is 0. The highest BCUT2D eigenvalue weighted by Crippen LogP contribution is 2.56. The van der Waals surface area contributed by atoms with Crippen molar-refractivity contribution >= 4 is 5.78 Å². The number of carbonyl (C=O) groups excluding carboxylic acids is 1. The number of carbonyl (C=O) groups is 1. The Hall–Kier alpha value is -1.66. The lowest BCUT2D eigenvalue weighted by Crippen LogP contribution is -2.46. The Labute approximate surface area is 157 Å². The van der Waals surface area contributed by atoms with Gasteiger partial charge in [-0.2, -0.15) is 5.26 Å². The normalized spacial score (nSPS) is 33.6. The van der Waals surface area contributed by atoms with Gasteiger partial charge in [0, 0.05) is 24.5 Å². The Morgan fingerprint density at radius 3 is 2.46 bits per heavy atom. The Bertz CT molecular complexity index is 724. The number of benzene rings is 1. The molecule has 1 aromatic carbocycles. The molecule has 3 heteroatoms. The zero-order valence-corrected chi connectivity index (χ0v) is 16.1. The number of likely N-dealkylation sites (tertiary alicyclic amines) is 1. The Kier molecular flexibility index (Phi) is 4.43. The standard InChI is InChI=1S/C23H30N2O/c1-17-5-7-19(8-6-17)22(16-24)10-12-25(13-11-22)21-14-20-4-3-9-23(20,15-21)18(2)26/h5-8,20-21H,3-4,9-15H2,1-2H3/t20?,21-,23?/m0/s1. The molecule has 4 rings (SSSR count). The molecule has 0 spiro atoms. The topological polar surface area (TPSA) is 44.1 Å². The number of rotatable bonds is 3. The summed E-state index contributed by atoms with van der Waals surface area (Å²) in [6, 6.07) is 11.7. The molecule has 0 amide bonds. The largest absolute Gasteiger partial charge is 0.300 e. The number of hydrogen-bond acceptors (Lipinski definition) is 3. The molecule has 0 aromatic heterocycles. The third kappa shape index (κ3) is 2.70. The van der Waals surface area contributed by atoms with Gasteiger partial charge in [0.1, 0.15) is 5.78 Å². The third-order valence-corrected chi connectivity index (χ3v) is 7.80. The number of Topliss-reactive ketones (excluding diaryl/α,β-unsaturated/α-hetero) is 1. The van der Waals surface area contributed by atoms with E-state index in [0.717, 1.165) is 38.8 Å². The maximum atomic E-state index is 12.4. The second-order valence-electron chi connectivity index (χ2n) is 8.99. The van der Waals surface area contributed by atoms with Crippen LogP contribution in [0.5, 0.6) is 0 Å². The maximum absolute atomic E-state index is 12.4. The van der Waals surface area contributed by atoms with Crippen LogP contribution < -0.4 is 0 Å². The van der Waals surface area contributed by atoms with E-state index in [-0.39, 0.29) is 10.8 Å². The monoisotopic (exact) mass is 350 g/mol. The van der Waals surface area contributed by atoms with Crippen molar-refractivity contribution in [2.24, 2.45) is 11.3 Å². The molecule has 26 heavy (non-hydrogen) atoms. The van der Waals surface area contributed by atoms with Gasteiger partial charge in [0.2, 0.25) is 0 Å². The van der Waals surface area contributed by atoms with E-state index in [4.69, 9.17) is 0 Å². The molecule has 3 nitrogen and oxygen atoms in total. The Morgan fingerprint density at radius 1 is 1.19 bits per heavy atom. The van der Waals surface area contributed by atoms with Crippen LogP contribution in [0.1, 0.15) is 63.0 Å². The molecule has 3 fully saturated rings. The predicted octanol–water partition coefficient (Wildman–Crippen LogP) is 4.39. The van der Waals surface area contributed by atoms with Gasteiger partial charge >= 0.3 is 0 Å². The minimum Gasteiger partial charge on any atom is -0.300 e. The van der Waals surface area contributed by atoms with Crippen molar-refractivity contribution in [1.82, 2.24) is 4.90 Å². The molecular formula is C23H30N2O. The summed E-state index contributed by atoms with van der Waals surface area (Å²) in [6.45, 7) is 5.86. The maximum Gasteiger partial charge on any atom is 0.136 e. The Morgan fingerprint density at radius 2 is 1.88 bits per heavy atom. The van der Waals surface area contributed by atoms with E-state index in [0.29, 0.717) is 17.7 Å². The van der Waals surface area contributed by atoms with Gasteiger partial charge in [-0.15, -0.1) is 0 Å². The SMILES string of the molecule is CC(=O)C12CCCC1C[C@H](N1CCC(C#N)(c3ccc(C)cc3)CC1)C2. The lowest BCUT2D eigenvalue weighted by molar-refractivity contribution is -0.127. The van der Waals surface area contributed by atoms with Crippen LogP contribution in [0.3, 0.4) is 0 Å². The van der Waals surface area contributed by atoms with Crippen molar-refractivity contribution < 1.29 is 4.79 Å². The zero-order valence-electron chi connectivity index (χ0n) is 16.1. The van der Waals surface area contributed by atoms with Crippen LogP contribution >= 0.6 is 0 Å². The second-order valence-corrected chi connectivity index (χ2v) is 8.99. The highest BCUT2D eigenvalue weighted by atomic mass is 16.1. The van der Waals surface area contributed by atoms with Gasteiger partial charge in [0.15, 0.2) is 0 Å². The van der Waals surface area contributed by atoms with E-state index in [2.05, 4.69) is 42.2 Å². The molecule has 1 aliphatic heterocycles. The first-order chi connectivity index (χ1) is 12.5. The minimum absolute atomic E-state index is 0.0224. The van der Waals surface area contributed by atoms with Gasteiger partial charge in [-0.1, -0.05) is 36.2 Å². The number of piperidine rings is 1. The van der Waals surface area contributed by atoms with Crippen LogP contribution in [0.4, 0.5) is 0 Å². The van der Waals surface area contributed by atoms with Crippen molar-refractivity contribution in [1.29, 1.82) is 5.26 Å². The number of nitriles is 1. The smallest absolute Gasteiger partial charge is 0.136 e. The molecule has 1 aromatic rings. The van der Waals surface area contributed by atoms with Crippen molar-refractivity contribution in [3.05, 3.63) is 35.4 Å². The molecule has 2 unspecified atom stereocenters. The summed E-state index contributed by atoms with van der Waals surface area (Å²) in [5.41, 5.74) is 2.06. The summed E-state index contributed by atoms with van der Waals surface area (Å²) >= 11 is 0. The van der Waals surface area contributed by atoms with E-state index in [1.54, 1.807) is 0 Å². The summed E-state index contributed by atoms with van der Waals surface area (Å²) in [5.74, 6) is 1.02. The van der Waals surface area contributed by atoms with Crippen LogP contribution in [0.2, 0.25) is 0 Å². The summed E-state index contributed by atoms with van der Waals surface area (Å²) in [7, 11) is 0. The van der Waals surface area contributed by atoms with Crippen molar-refractivity contribution in [2.75, 3.05) is 13.1 Å². The summed E-state index contributed by atoms with van der Waals surface area (Å²) < 4.78 is 0. The average Bonchev–Trinajstić information content (AvgIpc) is 3.21. The molecule has 0 radical (unpaired) electrons. The van der Waals surface area contributed by atoms with Crippen LogP contribution in [0.25, 0.3) is 0 Å². The highest BCUT2D eigenvalue weighted by molar-refractivity contribution is 5.83. The van der Waals surface area contributed by atoms with Crippen LogP contribution in [0, 0.1) is 29.6 Å². The van der Waals surface area contributed by atoms with E-state index in [9.17, 15) is 10.1 Å². The molecule has 0 bridgehead atoms. The first kappa shape index (κ1) is 17.7. The van der Waals surface area contributed by atoms with Crippen molar-refractivity contribution in [3.63, 3.8) is 0 Å². The van der Waals surface area contributed by atoms with Gasteiger partial charge in [-0.05, 0) is 63.9 Å².